The third kappa shape index (κ3) is 2.56. The van der Waals surface area contributed by atoms with Crippen molar-refractivity contribution in [1.82, 2.24) is 0 Å². The van der Waals surface area contributed by atoms with Gasteiger partial charge in [0.15, 0.2) is 0 Å². The first-order chi connectivity index (χ1) is 6.97. The maximum absolute atomic E-state index is 13.5. The fourth-order valence-electron chi connectivity index (χ4n) is 1.49. The van der Waals surface area contributed by atoms with Gasteiger partial charge in [-0.3, -0.25) is 4.79 Å². The topological polar surface area (TPSA) is 26.3 Å². The summed E-state index contributed by atoms with van der Waals surface area (Å²) in [6.45, 7) is 3.12. The van der Waals surface area contributed by atoms with E-state index in [-0.39, 0.29) is 18.0 Å². The maximum atomic E-state index is 13.5. The van der Waals surface area contributed by atoms with E-state index in [0.717, 1.165) is 0 Å². The average molecular weight is 275 g/mol. The van der Waals surface area contributed by atoms with Crippen LogP contribution in [0.4, 0.5) is 4.39 Å². The van der Waals surface area contributed by atoms with Crippen LogP contribution in [0.5, 0.6) is 5.75 Å². The molecule has 0 atom stereocenters. The molecular formula is C11H12BrFO2. The van der Waals surface area contributed by atoms with Gasteiger partial charge in [0.2, 0.25) is 0 Å². The summed E-state index contributed by atoms with van der Waals surface area (Å²) < 4.78 is 18.9. The van der Waals surface area contributed by atoms with Gasteiger partial charge in [0.1, 0.15) is 17.3 Å². The summed E-state index contributed by atoms with van der Waals surface area (Å²) in [5.41, 5.74) is 1.12. The largest absolute Gasteiger partial charge is 0.496 e. The molecule has 0 aliphatic carbocycles. The number of hydrogen-bond acceptors (Lipinski definition) is 2. The number of ketones is 1. The van der Waals surface area contributed by atoms with E-state index >= 15 is 0 Å². The molecule has 0 bridgehead atoms. The highest BCUT2D eigenvalue weighted by atomic mass is 79.9. The molecule has 0 heterocycles. The van der Waals surface area contributed by atoms with E-state index in [9.17, 15) is 9.18 Å². The minimum atomic E-state index is -0.348. The van der Waals surface area contributed by atoms with Crippen LogP contribution in [0.15, 0.2) is 10.5 Å². The minimum Gasteiger partial charge on any atom is -0.496 e. The van der Waals surface area contributed by atoms with Gasteiger partial charge >= 0.3 is 0 Å². The molecule has 4 heteroatoms. The van der Waals surface area contributed by atoms with E-state index in [4.69, 9.17) is 4.74 Å². The van der Waals surface area contributed by atoms with Gasteiger partial charge in [0.25, 0.3) is 0 Å². The van der Waals surface area contributed by atoms with Crippen LogP contribution in [0, 0.1) is 12.7 Å². The van der Waals surface area contributed by atoms with E-state index in [0.29, 0.717) is 21.3 Å². The molecular weight excluding hydrogens is 263 g/mol. The van der Waals surface area contributed by atoms with Gasteiger partial charge in [-0.2, -0.15) is 0 Å². The SMILES string of the molecule is COc1c(CC(C)=O)cc(Br)c(F)c1C. The Morgan fingerprint density at radius 1 is 1.60 bits per heavy atom. The van der Waals surface area contributed by atoms with E-state index in [2.05, 4.69) is 15.9 Å². The molecule has 0 aliphatic heterocycles. The summed E-state index contributed by atoms with van der Waals surface area (Å²) >= 11 is 3.11. The maximum Gasteiger partial charge on any atom is 0.143 e. The molecule has 0 saturated heterocycles. The van der Waals surface area contributed by atoms with Crippen LogP contribution in [-0.4, -0.2) is 12.9 Å². The second-order valence-corrected chi connectivity index (χ2v) is 4.22. The lowest BCUT2D eigenvalue weighted by Gasteiger charge is -2.12. The van der Waals surface area contributed by atoms with Crippen LogP contribution >= 0.6 is 15.9 Å². The first-order valence-electron chi connectivity index (χ1n) is 4.48. The lowest BCUT2D eigenvalue weighted by molar-refractivity contribution is -0.116. The van der Waals surface area contributed by atoms with Gasteiger partial charge in [-0.15, -0.1) is 0 Å². The summed E-state index contributed by atoms with van der Waals surface area (Å²) in [6, 6.07) is 1.59. The zero-order chi connectivity index (χ0) is 11.6. The Balaban J connectivity index is 3.31. The lowest BCUT2D eigenvalue weighted by atomic mass is 10.0. The molecule has 0 amide bonds. The summed E-state index contributed by atoms with van der Waals surface area (Å²) in [5, 5.41) is 0. The normalized spacial score (nSPS) is 10.2. The Morgan fingerprint density at radius 3 is 2.67 bits per heavy atom. The highest BCUT2D eigenvalue weighted by Gasteiger charge is 2.15. The molecule has 0 aromatic heterocycles. The van der Waals surface area contributed by atoms with E-state index < -0.39 is 0 Å². The Kier molecular flexibility index (Phi) is 3.85. The summed E-state index contributed by atoms with van der Waals surface area (Å²) in [4.78, 5) is 11.0. The molecule has 2 nitrogen and oxygen atoms in total. The summed E-state index contributed by atoms with van der Waals surface area (Å²) in [5.74, 6) is 0.122. The number of rotatable bonds is 3. The van der Waals surface area contributed by atoms with Crippen molar-refractivity contribution in [3.05, 3.63) is 27.5 Å². The Hall–Kier alpha value is -0.900. The number of halogens is 2. The molecule has 0 radical (unpaired) electrons. The fourth-order valence-corrected chi connectivity index (χ4v) is 2.06. The van der Waals surface area contributed by atoms with Gasteiger partial charge in [-0.25, -0.2) is 4.39 Å². The van der Waals surface area contributed by atoms with Crippen LogP contribution < -0.4 is 4.74 Å². The zero-order valence-electron chi connectivity index (χ0n) is 8.86. The van der Waals surface area contributed by atoms with Gasteiger partial charge in [-0.05, 0) is 35.8 Å². The predicted octanol–water partition coefficient (Wildman–Crippen LogP) is 3.04. The predicted molar refractivity (Wildman–Crippen MR) is 59.8 cm³/mol. The number of hydrogen-bond donors (Lipinski definition) is 0. The zero-order valence-corrected chi connectivity index (χ0v) is 10.4. The summed E-state index contributed by atoms with van der Waals surface area (Å²) in [6.07, 6.45) is 0.253. The van der Waals surface area contributed by atoms with Gasteiger partial charge in [-0.1, -0.05) is 0 Å². The first-order valence-corrected chi connectivity index (χ1v) is 5.27. The smallest absolute Gasteiger partial charge is 0.143 e. The van der Waals surface area contributed by atoms with Crippen LogP contribution in [-0.2, 0) is 11.2 Å². The van der Waals surface area contributed by atoms with Crippen molar-refractivity contribution < 1.29 is 13.9 Å². The molecule has 15 heavy (non-hydrogen) atoms. The van der Waals surface area contributed by atoms with Crippen molar-refractivity contribution in [3.63, 3.8) is 0 Å². The van der Waals surface area contributed by atoms with Crippen LogP contribution in [0.2, 0.25) is 0 Å². The molecule has 0 aliphatic rings. The van der Waals surface area contributed by atoms with Gasteiger partial charge < -0.3 is 4.74 Å². The highest BCUT2D eigenvalue weighted by Crippen LogP contribution is 2.31. The van der Waals surface area contributed by atoms with Crippen molar-refractivity contribution in [3.8, 4) is 5.75 Å². The average Bonchev–Trinajstić information content (AvgIpc) is 2.14. The molecule has 0 unspecified atom stereocenters. The van der Waals surface area contributed by atoms with E-state index in [1.165, 1.54) is 14.0 Å². The van der Waals surface area contributed by atoms with Crippen molar-refractivity contribution in [1.29, 1.82) is 0 Å². The second kappa shape index (κ2) is 4.75. The second-order valence-electron chi connectivity index (χ2n) is 3.37. The van der Waals surface area contributed by atoms with Crippen molar-refractivity contribution in [2.75, 3.05) is 7.11 Å². The first kappa shape index (κ1) is 12.2. The Morgan fingerprint density at radius 2 is 2.20 bits per heavy atom. The third-order valence-corrected chi connectivity index (χ3v) is 2.69. The minimum absolute atomic E-state index is 0.0196. The van der Waals surface area contributed by atoms with Crippen LogP contribution in [0.1, 0.15) is 18.1 Å². The number of benzene rings is 1. The molecule has 0 saturated carbocycles. The van der Waals surface area contributed by atoms with Crippen LogP contribution in [0.3, 0.4) is 0 Å². The molecule has 1 aromatic carbocycles. The number of carbonyl (C=O) groups excluding carboxylic acids is 1. The number of Topliss-reactive ketones (excluding diaryl/α,β-unsaturated/α-hetero) is 1. The molecule has 0 N–H and O–H groups in total. The Labute approximate surface area is 96.6 Å². The van der Waals surface area contributed by atoms with Gasteiger partial charge in [0, 0.05) is 17.5 Å². The van der Waals surface area contributed by atoms with Crippen LogP contribution in [0.25, 0.3) is 0 Å². The number of ether oxygens (including phenoxy) is 1. The monoisotopic (exact) mass is 274 g/mol. The highest BCUT2D eigenvalue weighted by molar-refractivity contribution is 9.10. The Bertz CT molecular complexity index is 402. The molecule has 82 valence electrons. The molecule has 0 fully saturated rings. The molecule has 1 aromatic rings. The molecule has 1 rings (SSSR count). The van der Waals surface area contributed by atoms with Gasteiger partial charge in [0.05, 0.1) is 11.6 Å². The van der Waals surface area contributed by atoms with E-state index in [1.54, 1.807) is 13.0 Å². The summed E-state index contributed by atoms with van der Waals surface area (Å²) in [7, 11) is 1.47. The number of carbonyl (C=O) groups is 1. The van der Waals surface area contributed by atoms with Crippen molar-refractivity contribution >= 4 is 21.7 Å². The number of methoxy groups -OCH3 is 1. The van der Waals surface area contributed by atoms with E-state index in [1.807, 2.05) is 0 Å². The lowest BCUT2D eigenvalue weighted by Crippen LogP contribution is -2.03. The van der Waals surface area contributed by atoms with Crippen molar-refractivity contribution in [2.24, 2.45) is 0 Å². The standard InChI is InChI=1S/C11H12BrFO2/c1-6(14)4-8-5-9(12)10(13)7(2)11(8)15-3/h5H,4H2,1-3H3. The molecule has 0 spiro atoms. The van der Waals surface area contributed by atoms with Crippen molar-refractivity contribution in [2.45, 2.75) is 20.3 Å². The fraction of sp³-hybridized carbons (Fsp3) is 0.364. The third-order valence-electron chi connectivity index (χ3n) is 2.12. The quantitative estimate of drug-likeness (QED) is 0.847.